The molecule has 0 aromatic carbocycles. The highest BCUT2D eigenvalue weighted by molar-refractivity contribution is 7.27. The first-order chi connectivity index (χ1) is 6.19. The van der Waals surface area contributed by atoms with Crippen LogP contribution >= 0.6 is 9.24 Å². The Hall–Kier alpha value is -1.14. The van der Waals surface area contributed by atoms with E-state index in [9.17, 15) is 0 Å². The Morgan fingerprint density at radius 1 is 1.62 bits per heavy atom. The van der Waals surface area contributed by atoms with Crippen LogP contribution in [0.2, 0.25) is 0 Å². The van der Waals surface area contributed by atoms with Crippen molar-refractivity contribution < 1.29 is 0 Å². The molecular weight excluding hydrogens is 179 g/mol. The summed E-state index contributed by atoms with van der Waals surface area (Å²) < 4.78 is 0. The van der Waals surface area contributed by atoms with Crippen LogP contribution in [0.25, 0.3) is 12.2 Å². The van der Waals surface area contributed by atoms with Crippen LogP contribution < -0.4 is 11.2 Å². The van der Waals surface area contributed by atoms with Crippen LogP contribution in [-0.2, 0) is 0 Å². The molecule has 0 radical (unpaired) electrons. The summed E-state index contributed by atoms with van der Waals surface area (Å²) >= 11 is 0. The second-order valence-corrected chi connectivity index (χ2v) is 3.19. The van der Waals surface area contributed by atoms with E-state index in [4.69, 9.17) is 5.73 Å². The molecule has 13 heavy (non-hydrogen) atoms. The number of nitrogens with zero attached hydrogens (tertiary/aromatic N) is 1. The van der Waals surface area contributed by atoms with Gasteiger partial charge >= 0.3 is 0 Å². The molecule has 0 aliphatic rings. The first-order valence-electron chi connectivity index (χ1n) is 4.00. The zero-order valence-corrected chi connectivity index (χ0v) is 8.77. The molecular formula is C10H13N2P. The number of hydrogen-bond acceptors (Lipinski definition) is 2. The molecule has 1 aromatic heterocycles. The van der Waals surface area contributed by atoms with E-state index in [2.05, 4.69) is 20.8 Å². The lowest BCUT2D eigenvalue weighted by atomic mass is 10.1. The Morgan fingerprint density at radius 3 is 2.85 bits per heavy atom. The van der Waals surface area contributed by atoms with Crippen molar-refractivity contribution in [2.75, 3.05) is 5.73 Å². The third kappa shape index (κ3) is 2.16. The van der Waals surface area contributed by atoms with Gasteiger partial charge in [-0.15, -0.1) is 0 Å². The maximum atomic E-state index is 5.71. The van der Waals surface area contributed by atoms with Gasteiger partial charge in [0.15, 0.2) is 0 Å². The van der Waals surface area contributed by atoms with Gasteiger partial charge in [0.1, 0.15) is 0 Å². The Bertz CT molecular complexity index is 356. The largest absolute Gasteiger partial charge is 0.397 e. The van der Waals surface area contributed by atoms with E-state index in [1.807, 2.05) is 25.1 Å². The molecule has 1 atom stereocenters. The minimum atomic E-state index is 0.674. The van der Waals surface area contributed by atoms with Crippen LogP contribution in [0.1, 0.15) is 18.2 Å². The number of anilines is 1. The number of nitrogens with two attached hydrogens (primary N) is 1. The lowest BCUT2D eigenvalue weighted by Gasteiger charge is -2.04. The van der Waals surface area contributed by atoms with Gasteiger partial charge in [0.05, 0.1) is 16.8 Å². The summed E-state index contributed by atoms with van der Waals surface area (Å²) in [5, 5.41) is 0. The monoisotopic (exact) mass is 192 g/mol. The molecule has 0 amide bonds. The number of hydrogen-bond donors (Lipinski definition) is 1. The minimum absolute atomic E-state index is 0.674. The smallest absolute Gasteiger partial charge is 0.0804 e. The van der Waals surface area contributed by atoms with Gasteiger partial charge < -0.3 is 5.73 Å². The van der Waals surface area contributed by atoms with Crippen LogP contribution in [0.3, 0.4) is 0 Å². The zero-order valence-electron chi connectivity index (χ0n) is 7.62. The first kappa shape index (κ1) is 9.94. The second kappa shape index (κ2) is 4.20. The molecule has 0 fully saturated rings. The molecule has 1 heterocycles. The molecule has 0 aliphatic heterocycles. The molecule has 68 valence electrons. The van der Waals surface area contributed by atoms with Crippen LogP contribution in [0, 0.1) is 0 Å². The standard InChI is InChI=1S/C10H13N2P/c1-3-5-9-7(4-2)6-8(11)10(13)12-9/h3-6H,2,11,13H2,1H3/b5-3-. The maximum Gasteiger partial charge on any atom is 0.0804 e. The fourth-order valence-electron chi connectivity index (χ4n) is 1.03. The summed E-state index contributed by atoms with van der Waals surface area (Å²) in [4.78, 5) is 4.31. The van der Waals surface area contributed by atoms with Gasteiger partial charge in [-0.1, -0.05) is 28.0 Å². The average molecular weight is 192 g/mol. The highest BCUT2D eigenvalue weighted by Gasteiger charge is 2.01. The molecule has 0 spiro atoms. The Kier molecular flexibility index (Phi) is 3.21. The van der Waals surface area contributed by atoms with Crippen LogP contribution in [-0.4, -0.2) is 4.98 Å². The van der Waals surface area contributed by atoms with Gasteiger partial charge in [-0.3, -0.25) is 0 Å². The molecule has 0 saturated heterocycles. The molecule has 3 heteroatoms. The molecule has 0 saturated carbocycles. The summed E-state index contributed by atoms with van der Waals surface area (Å²) in [6.07, 6.45) is 5.63. The predicted molar refractivity (Wildman–Crippen MR) is 62.8 cm³/mol. The molecule has 1 unspecified atom stereocenters. The Balaban J connectivity index is 3.32. The van der Waals surface area contributed by atoms with E-state index in [1.54, 1.807) is 6.08 Å². The first-order valence-corrected chi connectivity index (χ1v) is 4.58. The van der Waals surface area contributed by atoms with Gasteiger partial charge in [0.2, 0.25) is 0 Å². The summed E-state index contributed by atoms with van der Waals surface area (Å²) in [6, 6.07) is 1.87. The second-order valence-electron chi connectivity index (χ2n) is 2.64. The van der Waals surface area contributed by atoms with Crippen LogP contribution in [0.15, 0.2) is 18.7 Å². The third-order valence-electron chi connectivity index (χ3n) is 1.69. The lowest BCUT2D eigenvalue weighted by molar-refractivity contribution is 1.34. The van der Waals surface area contributed by atoms with Gasteiger partial charge in [-0.25, -0.2) is 4.98 Å². The quantitative estimate of drug-likeness (QED) is 0.726. The SMILES string of the molecule is C=Cc1cc(N)c(P)nc1/C=C\C. The number of aromatic nitrogens is 1. The van der Waals surface area contributed by atoms with Crippen molar-refractivity contribution in [1.29, 1.82) is 0 Å². The van der Waals surface area contributed by atoms with E-state index < -0.39 is 0 Å². The van der Waals surface area contributed by atoms with E-state index in [-0.39, 0.29) is 0 Å². The molecule has 2 nitrogen and oxygen atoms in total. The maximum absolute atomic E-state index is 5.71. The van der Waals surface area contributed by atoms with Gasteiger partial charge in [0.25, 0.3) is 0 Å². The number of nitrogen functional groups attached to an aromatic ring is 1. The number of pyridine rings is 1. The van der Waals surface area contributed by atoms with Crippen LogP contribution in [0.4, 0.5) is 5.69 Å². The van der Waals surface area contributed by atoms with Gasteiger partial charge in [-0.2, -0.15) is 0 Å². The van der Waals surface area contributed by atoms with Gasteiger partial charge in [-0.05, 0) is 19.1 Å². The summed E-state index contributed by atoms with van der Waals surface area (Å²) in [6.45, 7) is 5.66. The highest BCUT2D eigenvalue weighted by Crippen LogP contribution is 2.13. The van der Waals surface area contributed by atoms with Crippen molar-refractivity contribution in [1.82, 2.24) is 4.98 Å². The van der Waals surface area contributed by atoms with E-state index in [0.29, 0.717) is 5.69 Å². The third-order valence-corrected chi connectivity index (χ3v) is 2.15. The fraction of sp³-hybridized carbons (Fsp3) is 0.100. The molecule has 1 rings (SSSR count). The van der Waals surface area contributed by atoms with Crippen molar-refractivity contribution in [2.45, 2.75) is 6.92 Å². The molecule has 2 N–H and O–H groups in total. The molecule has 0 bridgehead atoms. The van der Waals surface area contributed by atoms with Crippen molar-refractivity contribution in [3.63, 3.8) is 0 Å². The van der Waals surface area contributed by atoms with Crippen molar-refractivity contribution in [3.8, 4) is 0 Å². The van der Waals surface area contributed by atoms with E-state index in [1.165, 1.54) is 0 Å². The van der Waals surface area contributed by atoms with Crippen LogP contribution in [0.5, 0.6) is 0 Å². The zero-order chi connectivity index (χ0) is 9.84. The van der Waals surface area contributed by atoms with Crippen molar-refractivity contribution in [2.24, 2.45) is 0 Å². The van der Waals surface area contributed by atoms with E-state index in [0.717, 1.165) is 16.7 Å². The van der Waals surface area contributed by atoms with Gasteiger partial charge in [0, 0.05) is 5.56 Å². The fourth-order valence-corrected chi connectivity index (χ4v) is 1.25. The van der Waals surface area contributed by atoms with E-state index >= 15 is 0 Å². The molecule has 1 aromatic rings. The predicted octanol–water partition coefficient (Wildman–Crippen LogP) is 1.84. The van der Waals surface area contributed by atoms with Crippen molar-refractivity contribution in [3.05, 3.63) is 30.0 Å². The van der Waals surface area contributed by atoms with Crippen molar-refractivity contribution >= 4 is 32.5 Å². The lowest BCUT2D eigenvalue weighted by Crippen LogP contribution is -2.08. The minimum Gasteiger partial charge on any atom is -0.397 e. The Labute approximate surface area is 80.8 Å². The summed E-state index contributed by atoms with van der Waals surface area (Å²) in [7, 11) is 2.51. The summed E-state index contributed by atoms with van der Waals surface area (Å²) in [5.41, 5.74) is 9.02. The highest BCUT2D eigenvalue weighted by atomic mass is 31.0. The normalized spacial score (nSPS) is 10.6. The Morgan fingerprint density at radius 2 is 2.31 bits per heavy atom. The number of allylic oxidation sites excluding steroid dienone is 1. The topological polar surface area (TPSA) is 38.9 Å². The molecule has 0 aliphatic carbocycles. The average Bonchev–Trinajstić information content (AvgIpc) is 2.11. The summed E-state index contributed by atoms with van der Waals surface area (Å²) in [5.74, 6) is 0. The number of rotatable bonds is 2.